The van der Waals surface area contributed by atoms with Crippen molar-refractivity contribution in [2.45, 2.75) is 27.7 Å². The lowest BCUT2D eigenvalue weighted by Crippen LogP contribution is -2.11. The predicted molar refractivity (Wildman–Crippen MR) is 154 cm³/mol. The Bertz CT molecular complexity index is 1720. The Balaban J connectivity index is 1.64. The van der Waals surface area contributed by atoms with Crippen LogP contribution in [0.5, 0.6) is 5.88 Å². The second kappa shape index (κ2) is 11.0. The van der Waals surface area contributed by atoms with Gasteiger partial charge in [0.15, 0.2) is 0 Å². The molecule has 1 heterocycles. The van der Waals surface area contributed by atoms with Crippen LogP contribution in [-0.2, 0) is 4.79 Å². The van der Waals surface area contributed by atoms with Crippen molar-refractivity contribution in [2.24, 2.45) is 0 Å². The number of anilines is 1. The maximum absolute atomic E-state index is 15.1. The molecule has 0 aliphatic heterocycles. The Kier molecular flexibility index (Phi) is 7.29. The molecule has 4 aromatic carbocycles. The minimum absolute atomic E-state index is 0.177. The van der Waals surface area contributed by atoms with Gasteiger partial charge in [0.25, 0.3) is 5.91 Å². The van der Waals surface area contributed by atoms with Gasteiger partial charge in [-0.15, -0.1) is 0 Å². The number of esters is 1. The van der Waals surface area contributed by atoms with E-state index >= 15 is 4.39 Å². The van der Waals surface area contributed by atoms with Crippen LogP contribution in [0.4, 0.5) is 10.1 Å². The summed E-state index contributed by atoms with van der Waals surface area (Å²) in [4.78, 5) is 25.0. The van der Waals surface area contributed by atoms with Gasteiger partial charge < -0.3 is 10.1 Å². The first-order valence-corrected chi connectivity index (χ1v) is 12.8. The van der Waals surface area contributed by atoms with Crippen LogP contribution in [-0.4, -0.2) is 21.7 Å². The van der Waals surface area contributed by atoms with Gasteiger partial charge in [0.05, 0.1) is 11.3 Å². The quantitative estimate of drug-likeness (QED) is 0.230. The van der Waals surface area contributed by atoms with Gasteiger partial charge in [-0.1, -0.05) is 54.1 Å². The Labute approximate surface area is 232 Å². The summed E-state index contributed by atoms with van der Waals surface area (Å²) >= 11 is 0. The fourth-order valence-corrected chi connectivity index (χ4v) is 4.49. The van der Waals surface area contributed by atoms with Crippen LogP contribution in [0.15, 0.2) is 91.0 Å². The van der Waals surface area contributed by atoms with E-state index in [-0.39, 0.29) is 17.4 Å². The second-order valence-corrected chi connectivity index (χ2v) is 9.63. The topological polar surface area (TPSA) is 73.2 Å². The molecule has 1 amide bonds. The van der Waals surface area contributed by atoms with Gasteiger partial charge in [-0.2, -0.15) is 9.78 Å². The van der Waals surface area contributed by atoms with Gasteiger partial charge in [-0.05, 0) is 79.9 Å². The number of nitrogens with zero attached hydrogens (tertiary/aromatic N) is 2. The summed E-state index contributed by atoms with van der Waals surface area (Å²) in [5.41, 5.74) is 6.57. The highest BCUT2D eigenvalue weighted by atomic mass is 19.1. The van der Waals surface area contributed by atoms with Crippen molar-refractivity contribution in [1.82, 2.24) is 9.78 Å². The zero-order valence-electron chi connectivity index (χ0n) is 22.7. The molecular weight excluding hydrogens is 505 g/mol. The number of aromatic nitrogens is 2. The first kappa shape index (κ1) is 26.6. The smallest absolute Gasteiger partial charge is 0.309 e. The average Bonchev–Trinajstić information content (AvgIpc) is 3.29. The Hall–Kier alpha value is -5.04. The number of carbonyl (C=O) groups excluding carboxylic acids is 2. The van der Waals surface area contributed by atoms with Gasteiger partial charge in [0.1, 0.15) is 11.5 Å². The average molecular weight is 534 g/mol. The molecule has 5 rings (SSSR count). The number of hydrogen-bond donors (Lipinski definition) is 1. The maximum Gasteiger partial charge on any atom is 0.309 e. The first-order chi connectivity index (χ1) is 19.2. The van der Waals surface area contributed by atoms with Crippen molar-refractivity contribution >= 4 is 17.6 Å². The van der Waals surface area contributed by atoms with E-state index in [0.29, 0.717) is 33.8 Å². The molecular formula is C33H28FN3O3. The Morgan fingerprint density at radius 1 is 0.850 bits per heavy atom. The minimum atomic E-state index is -0.533. The van der Waals surface area contributed by atoms with Crippen LogP contribution in [0, 0.1) is 26.6 Å². The number of halogens is 1. The number of nitrogens with one attached hydrogen (secondary N) is 1. The highest BCUT2D eigenvalue weighted by molar-refractivity contribution is 6.04. The van der Waals surface area contributed by atoms with E-state index in [9.17, 15) is 9.59 Å². The number of rotatable bonds is 6. The normalized spacial score (nSPS) is 10.8. The third-order valence-corrected chi connectivity index (χ3v) is 6.76. The molecule has 6 nitrogen and oxygen atoms in total. The van der Waals surface area contributed by atoms with Crippen LogP contribution in [0.1, 0.15) is 34.0 Å². The van der Waals surface area contributed by atoms with E-state index < -0.39 is 11.8 Å². The van der Waals surface area contributed by atoms with Crippen molar-refractivity contribution in [3.05, 3.63) is 119 Å². The molecule has 1 N–H and O–H groups in total. The van der Waals surface area contributed by atoms with E-state index in [1.54, 1.807) is 59.3 Å². The predicted octanol–water partition coefficient (Wildman–Crippen LogP) is 7.45. The molecule has 0 saturated heterocycles. The van der Waals surface area contributed by atoms with Gasteiger partial charge in [0, 0.05) is 23.7 Å². The van der Waals surface area contributed by atoms with Crippen molar-refractivity contribution in [3.63, 3.8) is 0 Å². The third kappa shape index (κ3) is 5.27. The fourth-order valence-electron chi connectivity index (χ4n) is 4.49. The lowest BCUT2D eigenvalue weighted by Gasteiger charge is -2.13. The summed E-state index contributed by atoms with van der Waals surface area (Å²) in [5.74, 6) is -1.04. The van der Waals surface area contributed by atoms with Crippen LogP contribution in [0.2, 0.25) is 0 Å². The Morgan fingerprint density at radius 3 is 2.23 bits per heavy atom. The van der Waals surface area contributed by atoms with E-state index in [4.69, 9.17) is 9.84 Å². The van der Waals surface area contributed by atoms with Gasteiger partial charge in [0.2, 0.25) is 5.88 Å². The van der Waals surface area contributed by atoms with E-state index in [2.05, 4.69) is 5.32 Å². The van der Waals surface area contributed by atoms with E-state index in [1.165, 1.54) is 13.0 Å². The van der Waals surface area contributed by atoms with Crippen molar-refractivity contribution in [1.29, 1.82) is 0 Å². The van der Waals surface area contributed by atoms with Gasteiger partial charge >= 0.3 is 5.97 Å². The summed E-state index contributed by atoms with van der Waals surface area (Å²) in [7, 11) is 0. The molecule has 0 fully saturated rings. The standard InChI is InChI=1S/C33H28FN3O3/c1-20-12-14-25(15-13-20)32(39)35-26-18-16-24(17-19-26)30-31(27-9-5-6-10-28(27)34)36-37(33(30)40-23(4)38)29-11-7-8-21(2)22(29)3/h5-19H,1-4H3,(H,35,39). The number of amides is 1. The molecule has 200 valence electrons. The van der Waals surface area contributed by atoms with Crippen LogP contribution in [0.3, 0.4) is 0 Å². The third-order valence-electron chi connectivity index (χ3n) is 6.76. The number of ether oxygens (including phenoxy) is 1. The highest BCUT2D eigenvalue weighted by Gasteiger charge is 2.26. The van der Waals surface area contributed by atoms with Crippen molar-refractivity contribution < 1.29 is 18.7 Å². The molecule has 0 saturated carbocycles. The summed E-state index contributed by atoms with van der Waals surface area (Å²) in [5, 5.41) is 7.69. The highest BCUT2D eigenvalue weighted by Crippen LogP contribution is 2.42. The summed E-state index contributed by atoms with van der Waals surface area (Å²) in [6, 6.07) is 26.5. The Morgan fingerprint density at radius 2 is 1.55 bits per heavy atom. The van der Waals surface area contributed by atoms with Crippen LogP contribution < -0.4 is 10.1 Å². The monoisotopic (exact) mass is 533 g/mol. The molecule has 0 radical (unpaired) electrons. The molecule has 7 heteroatoms. The first-order valence-electron chi connectivity index (χ1n) is 12.8. The molecule has 5 aromatic rings. The number of benzene rings is 4. The maximum atomic E-state index is 15.1. The lowest BCUT2D eigenvalue weighted by atomic mass is 10.0. The number of carbonyl (C=O) groups is 2. The summed E-state index contributed by atoms with van der Waals surface area (Å²) < 4.78 is 22.4. The molecule has 1 aromatic heterocycles. The van der Waals surface area contributed by atoms with Gasteiger partial charge in [-0.25, -0.2) is 4.39 Å². The second-order valence-electron chi connectivity index (χ2n) is 9.63. The summed E-state index contributed by atoms with van der Waals surface area (Å²) in [6.07, 6.45) is 0. The molecule has 0 spiro atoms. The van der Waals surface area contributed by atoms with Crippen LogP contribution in [0.25, 0.3) is 28.1 Å². The zero-order valence-corrected chi connectivity index (χ0v) is 22.7. The van der Waals surface area contributed by atoms with Crippen LogP contribution >= 0.6 is 0 Å². The lowest BCUT2D eigenvalue weighted by molar-refractivity contribution is -0.132. The molecule has 0 unspecified atom stereocenters. The van der Waals surface area contributed by atoms with Crippen molar-refractivity contribution in [3.8, 4) is 34.0 Å². The SMILES string of the molecule is CC(=O)Oc1c(-c2ccc(NC(=O)c3ccc(C)cc3)cc2)c(-c2ccccc2F)nn1-c1cccc(C)c1C. The number of aryl methyl sites for hydroxylation is 2. The number of hydrogen-bond acceptors (Lipinski definition) is 4. The summed E-state index contributed by atoms with van der Waals surface area (Å²) in [6.45, 7) is 7.22. The molecule has 0 bridgehead atoms. The molecule has 0 aliphatic carbocycles. The van der Waals surface area contributed by atoms with E-state index in [1.807, 2.05) is 51.1 Å². The van der Waals surface area contributed by atoms with Crippen molar-refractivity contribution in [2.75, 3.05) is 5.32 Å². The fraction of sp³-hybridized carbons (Fsp3) is 0.121. The largest absolute Gasteiger partial charge is 0.407 e. The zero-order chi connectivity index (χ0) is 28.4. The molecule has 0 aliphatic rings. The van der Waals surface area contributed by atoms with E-state index in [0.717, 1.165) is 16.7 Å². The van der Waals surface area contributed by atoms with Gasteiger partial charge in [-0.3, -0.25) is 9.59 Å². The molecule has 40 heavy (non-hydrogen) atoms. The minimum Gasteiger partial charge on any atom is -0.407 e. The molecule has 0 atom stereocenters.